The Kier molecular flexibility index (Phi) is 3.10. The van der Waals surface area contributed by atoms with Gasteiger partial charge in [0.1, 0.15) is 0 Å². The van der Waals surface area contributed by atoms with Gasteiger partial charge in [0, 0.05) is 0 Å². The van der Waals surface area contributed by atoms with E-state index in [4.69, 9.17) is 5.41 Å². The minimum atomic E-state index is 0.545. The van der Waals surface area contributed by atoms with E-state index in [1.165, 1.54) is 0 Å². The first-order valence-electron chi connectivity index (χ1n) is 1.45. The van der Waals surface area contributed by atoms with Crippen molar-refractivity contribution in [3.63, 3.8) is 0 Å². The molecule has 0 saturated carbocycles. The van der Waals surface area contributed by atoms with Crippen molar-refractivity contribution in [2.45, 2.75) is 6.92 Å². The van der Waals surface area contributed by atoms with Gasteiger partial charge in [-0.1, -0.05) is 0 Å². The van der Waals surface area contributed by atoms with Gasteiger partial charge in [0.05, 0.1) is 6.61 Å². The summed E-state index contributed by atoms with van der Waals surface area (Å²) in [5.74, 6) is 0. The average molecular weight is 72.1 g/mol. The van der Waals surface area contributed by atoms with E-state index in [9.17, 15) is 0 Å². The topological polar surface area (TPSA) is 33.1 Å². The highest BCUT2D eigenvalue weighted by Gasteiger charge is 1.60. The zero-order chi connectivity index (χ0) is 4.12. The standard InChI is InChI=1S/C3H6NO/c1-2-5-3-4/h4H,2H2,1H3. The Hall–Kier alpha value is -0.530. The average Bonchev–Trinajstić information content (AvgIpc) is 1.41. The molecule has 0 aliphatic carbocycles. The lowest BCUT2D eigenvalue weighted by molar-refractivity contribution is 0.341. The van der Waals surface area contributed by atoms with Crippen molar-refractivity contribution in [2.75, 3.05) is 6.61 Å². The van der Waals surface area contributed by atoms with Gasteiger partial charge in [0.25, 0.3) is 6.40 Å². The molecule has 0 saturated heterocycles. The molecule has 29 valence electrons. The molecule has 0 aliphatic heterocycles. The van der Waals surface area contributed by atoms with Gasteiger partial charge in [-0.15, -0.1) is 0 Å². The lowest BCUT2D eigenvalue weighted by Gasteiger charge is -1.80. The molecule has 0 fully saturated rings. The third-order valence-corrected chi connectivity index (χ3v) is 0.217. The lowest BCUT2D eigenvalue weighted by Crippen LogP contribution is -1.80. The Morgan fingerprint density at radius 2 is 2.60 bits per heavy atom. The molecule has 0 aromatic carbocycles. The van der Waals surface area contributed by atoms with Crippen LogP contribution >= 0.6 is 0 Å². The van der Waals surface area contributed by atoms with Crippen LogP contribution in [0.1, 0.15) is 6.92 Å². The Morgan fingerprint density at radius 1 is 2.00 bits per heavy atom. The van der Waals surface area contributed by atoms with Crippen LogP contribution in [0.15, 0.2) is 0 Å². The van der Waals surface area contributed by atoms with Gasteiger partial charge in [0.2, 0.25) is 0 Å². The molecule has 0 aliphatic rings. The number of ether oxygens (including phenoxy) is 1. The highest BCUT2D eigenvalue weighted by Crippen LogP contribution is 1.56. The van der Waals surface area contributed by atoms with Crippen molar-refractivity contribution < 1.29 is 4.74 Å². The van der Waals surface area contributed by atoms with E-state index in [0.29, 0.717) is 6.61 Å². The summed E-state index contributed by atoms with van der Waals surface area (Å²) in [5.41, 5.74) is 0. The summed E-state index contributed by atoms with van der Waals surface area (Å²) in [6.07, 6.45) is 1.77. The fourth-order valence-corrected chi connectivity index (χ4v) is 0.0722. The van der Waals surface area contributed by atoms with Crippen LogP contribution in [0, 0.1) is 5.41 Å². The second-order valence-electron chi connectivity index (χ2n) is 0.535. The smallest absolute Gasteiger partial charge is 0.269 e. The van der Waals surface area contributed by atoms with Crippen molar-refractivity contribution in [3.05, 3.63) is 0 Å². The lowest BCUT2D eigenvalue weighted by atomic mass is 10.9. The minimum absolute atomic E-state index is 0.545. The summed E-state index contributed by atoms with van der Waals surface area (Å²) in [7, 11) is 0. The predicted molar refractivity (Wildman–Crippen MR) is 19.4 cm³/mol. The monoisotopic (exact) mass is 72.0 g/mol. The maximum absolute atomic E-state index is 6.13. The molecule has 0 atom stereocenters. The summed E-state index contributed by atoms with van der Waals surface area (Å²) >= 11 is 0. The molecule has 0 spiro atoms. The van der Waals surface area contributed by atoms with Gasteiger partial charge in [0.15, 0.2) is 0 Å². The highest BCUT2D eigenvalue weighted by atomic mass is 16.5. The molecule has 2 nitrogen and oxygen atoms in total. The van der Waals surface area contributed by atoms with E-state index >= 15 is 0 Å². The molecular formula is C3H6NO. The highest BCUT2D eigenvalue weighted by molar-refractivity contribution is 5.40. The van der Waals surface area contributed by atoms with E-state index in [-0.39, 0.29) is 0 Å². The van der Waals surface area contributed by atoms with Crippen LogP contribution in [0.3, 0.4) is 0 Å². The van der Waals surface area contributed by atoms with E-state index in [1.807, 2.05) is 6.92 Å². The van der Waals surface area contributed by atoms with E-state index in [1.54, 1.807) is 6.40 Å². The van der Waals surface area contributed by atoms with E-state index in [2.05, 4.69) is 4.74 Å². The number of nitrogens with one attached hydrogen (secondary N) is 1. The molecule has 0 heterocycles. The maximum Gasteiger partial charge on any atom is 0.269 e. The summed E-state index contributed by atoms with van der Waals surface area (Å²) < 4.78 is 4.25. The largest absolute Gasteiger partial charge is 0.475 e. The van der Waals surface area contributed by atoms with Gasteiger partial charge in [-0.3, -0.25) is 5.41 Å². The summed E-state index contributed by atoms with van der Waals surface area (Å²) in [5, 5.41) is 6.13. The first kappa shape index (κ1) is 4.47. The second-order valence-corrected chi connectivity index (χ2v) is 0.535. The molecule has 1 radical (unpaired) electrons. The fourth-order valence-electron chi connectivity index (χ4n) is 0.0722. The maximum atomic E-state index is 6.13. The number of hydrogen-bond acceptors (Lipinski definition) is 2. The van der Waals surface area contributed by atoms with Crippen LogP contribution in [0.5, 0.6) is 0 Å². The predicted octanol–water partition coefficient (Wildman–Crippen LogP) is 0.507. The van der Waals surface area contributed by atoms with Crippen molar-refractivity contribution in [1.29, 1.82) is 5.41 Å². The van der Waals surface area contributed by atoms with Crippen LogP contribution in [-0.2, 0) is 4.74 Å². The van der Waals surface area contributed by atoms with Crippen molar-refractivity contribution in [1.82, 2.24) is 0 Å². The zero-order valence-electron chi connectivity index (χ0n) is 3.12. The molecule has 2 heteroatoms. The SMILES string of the molecule is CCO[C]=N. The molecule has 0 aromatic heterocycles. The number of hydrogen-bond donors (Lipinski definition) is 1. The first-order chi connectivity index (χ1) is 2.41. The summed E-state index contributed by atoms with van der Waals surface area (Å²) in [6.45, 7) is 2.35. The van der Waals surface area contributed by atoms with E-state index < -0.39 is 0 Å². The summed E-state index contributed by atoms with van der Waals surface area (Å²) in [4.78, 5) is 0. The molecule has 0 amide bonds. The van der Waals surface area contributed by atoms with Gasteiger partial charge in [-0.25, -0.2) is 0 Å². The molecular weight excluding hydrogens is 66.0 g/mol. The first-order valence-corrected chi connectivity index (χ1v) is 1.45. The minimum Gasteiger partial charge on any atom is -0.475 e. The van der Waals surface area contributed by atoms with Gasteiger partial charge < -0.3 is 4.74 Å². The third-order valence-electron chi connectivity index (χ3n) is 0.217. The van der Waals surface area contributed by atoms with Crippen LogP contribution in [0.2, 0.25) is 0 Å². The second kappa shape index (κ2) is 3.47. The molecule has 5 heavy (non-hydrogen) atoms. The van der Waals surface area contributed by atoms with Crippen LogP contribution < -0.4 is 0 Å². The fraction of sp³-hybridized carbons (Fsp3) is 0.667. The van der Waals surface area contributed by atoms with E-state index in [0.717, 1.165) is 0 Å². The van der Waals surface area contributed by atoms with Crippen LogP contribution in [0.25, 0.3) is 0 Å². The normalized spacial score (nSPS) is 6.60. The van der Waals surface area contributed by atoms with Crippen molar-refractivity contribution in [2.24, 2.45) is 0 Å². The Balaban J connectivity index is 2.40. The van der Waals surface area contributed by atoms with Gasteiger partial charge in [-0.05, 0) is 6.92 Å². The van der Waals surface area contributed by atoms with Crippen molar-refractivity contribution >= 4 is 6.40 Å². The Labute approximate surface area is 31.3 Å². The van der Waals surface area contributed by atoms with Gasteiger partial charge in [-0.2, -0.15) is 0 Å². The number of rotatable bonds is 2. The third kappa shape index (κ3) is 3.47. The van der Waals surface area contributed by atoms with Crippen LogP contribution in [-0.4, -0.2) is 13.0 Å². The molecule has 0 bridgehead atoms. The molecule has 1 N–H and O–H groups in total. The van der Waals surface area contributed by atoms with Crippen LogP contribution in [0.4, 0.5) is 0 Å². The zero-order valence-corrected chi connectivity index (χ0v) is 3.12. The Morgan fingerprint density at radius 3 is 2.60 bits per heavy atom. The molecule has 0 rings (SSSR count). The molecule has 0 unspecified atom stereocenters. The van der Waals surface area contributed by atoms with Gasteiger partial charge >= 0.3 is 0 Å². The Bertz CT molecular complexity index is 28.1. The van der Waals surface area contributed by atoms with Crippen molar-refractivity contribution in [3.8, 4) is 0 Å². The quantitative estimate of drug-likeness (QED) is 0.374. The molecule has 0 aromatic rings. The summed E-state index contributed by atoms with van der Waals surface area (Å²) in [6, 6.07) is 0.